The van der Waals surface area contributed by atoms with E-state index in [0.717, 1.165) is 5.56 Å². The van der Waals surface area contributed by atoms with Crippen molar-refractivity contribution in [1.82, 2.24) is 4.90 Å². The first kappa shape index (κ1) is 23.0. The summed E-state index contributed by atoms with van der Waals surface area (Å²) in [6, 6.07) is 20.6. The van der Waals surface area contributed by atoms with Crippen LogP contribution in [0.2, 0.25) is 0 Å². The minimum absolute atomic E-state index is 0.145. The largest absolute Gasteiger partial charge is 0.497 e. The standard InChI is InChI=1S/C27H23N3O6/c1-34-20-10-7-18(8-11-20)16-30-25(31)13-14-29(27(30)33)23-17-35-24-12-9-19(15-22(23)24)28-26(32)36-21-5-3-2-4-6-21/h2-12,15,17H,13-14,16H2,1H3,(H,28,32). The Morgan fingerprint density at radius 3 is 2.53 bits per heavy atom. The van der Waals surface area contributed by atoms with Crippen LogP contribution in [0.15, 0.2) is 83.5 Å². The van der Waals surface area contributed by atoms with Gasteiger partial charge in [-0.05, 0) is 48.0 Å². The van der Waals surface area contributed by atoms with E-state index < -0.39 is 12.1 Å². The van der Waals surface area contributed by atoms with E-state index in [1.165, 1.54) is 16.1 Å². The van der Waals surface area contributed by atoms with E-state index in [9.17, 15) is 14.4 Å². The van der Waals surface area contributed by atoms with E-state index in [0.29, 0.717) is 33.8 Å². The number of anilines is 2. The van der Waals surface area contributed by atoms with Crippen LogP contribution in [0.5, 0.6) is 11.5 Å². The van der Waals surface area contributed by atoms with Crippen molar-refractivity contribution in [2.45, 2.75) is 13.0 Å². The van der Waals surface area contributed by atoms with E-state index in [1.54, 1.807) is 61.7 Å². The number of hydrogen-bond donors (Lipinski definition) is 1. The Bertz CT molecular complexity index is 1410. The van der Waals surface area contributed by atoms with Crippen molar-refractivity contribution in [2.24, 2.45) is 0 Å². The predicted octanol–water partition coefficient (Wildman–Crippen LogP) is 5.41. The Hall–Kier alpha value is -4.79. The van der Waals surface area contributed by atoms with Gasteiger partial charge in [-0.1, -0.05) is 30.3 Å². The molecule has 1 aromatic heterocycles. The van der Waals surface area contributed by atoms with E-state index in [-0.39, 0.29) is 25.4 Å². The SMILES string of the molecule is COc1ccc(CN2C(=O)CCN(c3coc4ccc(NC(=O)Oc5ccccc5)cc34)C2=O)cc1. The zero-order valence-electron chi connectivity index (χ0n) is 19.5. The molecule has 9 heteroatoms. The number of urea groups is 1. The molecule has 1 aliphatic heterocycles. The van der Waals surface area contributed by atoms with E-state index >= 15 is 0 Å². The van der Waals surface area contributed by atoms with Gasteiger partial charge in [0, 0.05) is 24.0 Å². The molecule has 9 nitrogen and oxygen atoms in total. The summed E-state index contributed by atoms with van der Waals surface area (Å²) in [7, 11) is 1.58. The highest BCUT2D eigenvalue weighted by atomic mass is 16.6. The second-order valence-electron chi connectivity index (χ2n) is 8.17. The Morgan fingerprint density at radius 2 is 1.78 bits per heavy atom. The summed E-state index contributed by atoms with van der Waals surface area (Å²) >= 11 is 0. The van der Waals surface area contributed by atoms with Crippen LogP contribution in [0.4, 0.5) is 21.0 Å². The second kappa shape index (κ2) is 9.83. The number of amides is 4. The molecule has 1 aliphatic rings. The number of hydrogen-bond acceptors (Lipinski definition) is 6. The van der Waals surface area contributed by atoms with Gasteiger partial charge >= 0.3 is 12.1 Å². The number of rotatable bonds is 6. The predicted molar refractivity (Wildman–Crippen MR) is 133 cm³/mol. The van der Waals surface area contributed by atoms with Crippen molar-refractivity contribution in [3.8, 4) is 11.5 Å². The Balaban J connectivity index is 1.35. The normalized spacial score (nSPS) is 13.7. The summed E-state index contributed by atoms with van der Waals surface area (Å²) in [6.45, 7) is 0.366. The highest BCUT2D eigenvalue weighted by molar-refractivity contribution is 6.10. The summed E-state index contributed by atoms with van der Waals surface area (Å²) in [6.07, 6.45) is 1.02. The van der Waals surface area contributed by atoms with Gasteiger partial charge in [0.15, 0.2) is 0 Å². The lowest BCUT2D eigenvalue weighted by Gasteiger charge is -2.33. The molecule has 4 aromatic rings. The molecule has 0 bridgehead atoms. The molecule has 0 aliphatic carbocycles. The fourth-order valence-electron chi connectivity index (χ4n) is 4.02. The van der Waals surface area contributed by atoms with Gasteiger partial charge in [-0.15, -0.1) is 0 Å². The molecule has 1 saturated heterocycles. The molecule has 0 saturated carbocycles. The lowest BCUT2D eigenvalue weighted by molar-refractivity contribution is -0.129. The maximum absolute atomic E-state index is 13.3. The third-order valence-electron chi connectivity index (χ3n) is 5.86. The van der Waals surface area contributed by atoms with Crippen LogP contribution in [-0.2, 0) is 11.3 Å². The molecular formula is C27H23N3O6. The Labute approximate surface area is 206 Å². The zero-order valence-corrected chi connectivity index (χ0v) is 19.5. The fourth-order valence-corrected chi connectivity index (χ4v) is 4.02. The van der Waals surface area contributed by atoms with Gasteiger partial charge in [0.1, 0.15) is 23.3 Å². The molecule has 4 amide bonds. The average Bonchev–Trinajstić information content (AvgIpc) is 3.30. The Morgan fingerprint density at radius 1 is 1.00 bits per heavy atom. The first-order valence-electron chi connectivity index (χ1n) is 11.3. The molecule has 0 radical (unpaired) electrons. The van der Waals surface area contributed by atoms with Crippen molar-refractivity contribution in [2.75, 3.05) is 23.9 Å². The number of para-hydroxylation sites is 1. The maximum atomic E-state index is 13.3. The highest BCUT2D eigenvalue weighted by Gasteiger charge is 2.34. The monoisotopic (exact) mass is 485 g/mol. The van der Waals surface area contributed by atoms with E-state index in [1.807, 2.05) is 18.2 Å². The average molecular weight is 485 g/mol. The number of imide groups is 1. The summed E-state index contributed by atoms with van der Waals surface area (Å²) < 4.78 is 16.1. The third-order valence-corrected chi connectivity index (χ3v) is 5.86. The van der Waals surface area contributed by atoms with Crippen LogP contribution in [-0.4, -0.2) is 36.6 Å². The summed E-state index contributed by atoms with van der Waals surface area (Å²) in [5.41, 5.74) is 2.34. The van der Waals surface area contributed by atoms with Crippen molar-refractivity contribution < 1.29 is 28.3 Å². The minimum atomic E-state index is -0.643. The zero-order chi connectivity index (χ0) is 25.1. The van der Waals surface area contributed by atoms with E-state index in [2.05, 4.69) is 5.32 Å². The van der Waals surface area contributed by atoms with Crippen LogP contribution < -0.4 is 19.7 Å². The quantitative estimate of drug-likeness (QED) is 0.392. The number of methoxy groups -OCH3 is 1. The molecule has 36 heavy (non-hydrogen) atoms. The molecule has 182 valence electrons. The molecular weight excluding hydrogens is 462 g/mol. The summed E-state index contributed by atoms with van der Waals surface area (Å²) in [5.74, 6) is 0.866. The summed E-state index contributed by atoms with van der Waals surface area (Å²) in [5, 5.41) is 3.32. The van der Waals surface area contributed by atoms with Crippen LogP contribution in [0.3, 0.4) is 0 Å². The topological polar surface area (TPSA) is 101 Å². The summed E-state index contributed by atoms with van der Waals surface area (Å²) in [4.78, 5) is 41.0. The Kier molecular flexibility index (Phi) is 6.27. The first-order chi connectivity index (χ1) is 17.5. The number of fused-ring (bicyclic) bond motifs is 1. The highest BCUT2D eigenvalue weighted by Crippen LogP contribution is 2.34. The number of furan rings is 1. The number of nitrogens with one attached hydrogen (secondary N) is 1. The van der Waals surface area contributed by atoms with Crippen molar-refractivity contribution >= 4 is 40.4 Å². The van der Waals surface area contributed by atoms with Crippen molar-refractivity contribution in [3.05, 3.63) is 84.6 Å². The number of benzene rings is 3. The van der Waals surface area contributed by atoms with Gasteiger partial charge in [-0.3, -0.25) is 19.9 Å². The van der Waals surface area contributed by atoms with Crippen LogP contribution in [0.25, 0.3) is 11.0 Å². The van der Waals surface area contributed by atoms with Crippen LogP contribution in [0.1, 0.15) is 12.0 Å². The van der Waals surface area contributed by atoms with Crippen LogP contribution >= 0.6 is 0 Å². The molecule has 5 rings (SSSR count). The molecule has 3 aromatic carbocycles. The van der Waals surface area contributed by atoms with Gasteiger partial charge in [0.05, 0.1) is 19.3 Å². The van der Waals surface area contributed by atoms with Crippen molar-refractivity contribution in [1.29, 1.82) is 0 Å². The number of ether oxygens (including phenoxy) is 2. The second-order valence-corrected chi connectivity index (χ2v) is 8.17. The molecule has 0 unspecified atom stereocenters. The number of nitrogens with zero attached hydrogens (tertiary/aromatic N) is 2. The van der Waals surface area contributed by atoms with Gasteiger partial charge in [-0.25, -0.2) is 9.59 Å². The lowest BCUT2D eigenvalue weighted by atomic mass is 10.1. The molecule has 0 atom stereocenters. The number of carbonyl (C=O) groups is 3. The molecule has 1 N–H and O–H groups in total. The number of carbonyl (C=O) groups excluding carboxylic acids is 3. The van der Waals surface area contributed by atoms with Crippen LogP contribution in [0, 0.1) is 0 Å². The van der Waals surface area contributed by atoms with Gasteiger partial charge in [0.2, 0.25) is 5.91 Å². The molecule has 2 heterocycles. The maximum Gasteiger partial charge on any atom is 0.417 e. The fraction of sp³-hybridized carbons (Fsp3) is 0.148. The smallest absolute Gasteiger partial charge is 0.417 e. The van der Waals surface area contributed by atoms with Gasteiger partial charge in [-0.2, -0.15) is 0 Å². The third kappa shape index (κ3) is 4.72. The molecule has 0 spiro atoms. The van der Waals surface area contributed by atoms with E-state index in [4.69, 9.17) is 13.9 Å². The first-order valence-corrected chi connectivity index (χ1v) is 11.3. The van der Waals surface area contributed by atoms with Crippen molar-refractivity contribution in [3.63, 3.8) is 0 Å². The van der Waals surface area contributed by atoms with Gasteiger partial charge < -0.3 is 13.9 Å². The lowest BCUT2D eigenvalue weighted by Crippen LogP contribution is -2.52. The minimum Gasteiger partial charge on any atom is -0.497 e. The van der Waals surface area contributed by atoms with Gasteiger partial charge in [0.25, 0.3) is 0 Å². The molecule has 1 fully saturated rings.